The van der Waals surface area contributed by atoms with Gasteiger partial charge in [-0.05, 0) is 57.5 Å². The maximum Gasteiger partial charge on any atom is 0.410 e. The SMILES string of the molecule is N#Cc1ccc(C2=CC3COCC(C2)N3C(=O)OCC2c3ccccc3-c3ccccc32)cc1OCc1ccccc1. The number of hydrogen-bond donors (Lipinski definition) is 0. The van der Waals surface area contributed by atoms with E-state index in [1.54, 1.807) is 6.07 Å². The highest BCUT2D eigenvalue weighted by atomic mass is 16.6. The highest BCUT2D eigenvalue weighted by Gasteiger charge is 2.40. The fourth-order valence-electron chi connectivity index (χ4n) is 6.43. The van der Waals surface area contributed by atoms with Crippen molar-refractivity contribution in [3.05, 3.63) is 131 Å². The second-order valence-electron chi connectivity index (χ2n) is 11.0. The van der Waals surface area contributed by atoms with Gasteiger partial charge in [0, 0.05) is 5.92 Å². The molecule has 0 aromatic heterocycles. The lowest BCUT2D eigenvalue weighted by Gasteiger charge is -2.44. The second kappa shape index (κ2) is 11.2. The van der Waals surface area contributed by atoms with Crippen molar-refractivity contribution in [3.63, 3.8) is 0 Å². The quantitative estimate of drug-likeness (QED) is 0.258. The fourth-order valence-corrected chi connectivity index (χ4v) is 6.43. The summed E-state index contributed by atoms with van der Waals surface area (Å²) in [4.78, 5) is 15.4. The predicted octanol–water partition coefficient (Wildman–Crippen LogP) is 6.94. The van der Waals surface area contributed by atoms with Crippen molar-refractivity contribution in [3.8, 4) is 22.9 Å². The molecular weight excluding hydrogens is 524 g/mol. The Kier molecular flexibility index (Phi) is 6.95. The average molecular weight is 555 g/mol. The molecule has 4 aromatic rings. The molecule has 0 saturated carbocycles. The minimum absolute atomic E-state index is 0.0151. The highest BCUT2D eigenvalue weighted by molar-refractivity contribution is 5.79. The predicted molar refractivity (Wildman–Crippen MR) is 160 cm³/mol. The van der Waals surface area contributed by atoms with Gasteiger partial charge in [-0.1, -0.05) is 91.0 Å². The van der Waals surface area contributed by atoms with E-state index in [1.807, 2.05) is 59.5 Å². The van der Waals surface area contributed by atoms with Crippen LogP contribution in [0, 0.1) is 11.3 Å². The molecule has 7 rings (SSSR count). The number of hydrogen-bond acceptors (Lipinski definition) is 5. The van der Waals surface area contributed by atoms with Gasteiger partial charge < -0.3 is 14.2 Å². The van der Waals surface area contributed by atoms with E-state index in [9.17, 15) is 10.1 Å². The largest absolute Gasteiger partial charge is 0.488 e. The third-order valence-corrected chi connectivity index (χ3v) is 8.46. The van der Waals surface area contributed by atoms with Crippen LogP contribution in [-0.4, -0.2) is 42.9 Å². The Balaban J connectivity index is 1.08. The van der Waals surface area contributed by atoms with E-state index in [0.29, 0.717) is 37.6 Å². The van der Waals surface area contributed by atoms with Crippen molar-refractivity contribution < 1.29 is 19.0 Å². The summed E-state index contributed by atoms with van der Waals surface area (Å²) in [5.41, 5.74) is 8.44. The topological polar surface area (TPSA) is 71.8 Å². The van der Waals surface area contributed by atoms with Crippen molar-refractivity contribution in [1.29, 1.82) is 5.26 Å². The van der Waals surface area contributed by atoms with E-state index >= 15 is 0 Å². The highest BCUT2D eigenvalue weighted by Crippen LogP contribution is 2.45. The molecule has 2 unspecified atom stereocenters. The Morgan fingerprint density at radius 3 is 2.33 bits per heavy atom. The number of nitrogens with zero attached hydrogens (tertiary/aromatic N) is 2. The molecule has 1 aliphatic carbocycles. The minimum Gasteiger partial charge on any atom is -0.488 e. The van der Waals surface area contributed by atoms with Crippen LogP contribution in [0.3, 0.4) is 0 Å². The first kappa shape index (κ1) is 26.1. The molecule has 3 aliphatic rings. The molecule has 6 heteroatoms. The number of ether oxygens (including phenoxy) is 3. The van der Waals surface area contributed by atoms with E-state index < -0.39 is 0 Å². The van der Waals surface area contributed by atoms with Gasteiger partial charge in [0.05, 0.1) is 30.9 Å². The molecule has 4 aromatic carbocycles. The summed E-state index contributed by atoms with van der Waals surface area (Å²) in [6.45, 7) is 1.54. The lowest BCUT2D eigenvalue weighted by Crippen LogP contribution is -2.56. The summed E-state index contributed by atoms with van der Waals surface area (Å²) in [5, 5.41) is 9.66. The summed E-state index contributed by atoms with van der Waals surface area (Å²) < 4.78 is 18.0. The number of fused-ring (bicyclic) bond motifs is 5. The van der Waals surface area contributed by atoms with Gasteiger partial charge in [0.2, 0.25) is 0 Å². The van der Waals surface area contributed by atoms with Crippen LogP contribution in [0.2, 0.25) is 0 Å². The summed E-state index contributed by atoms with van der Waals surface area (Å²) in [7, 11) is 0. The third kappa shape index (κ3) is 4.82. The molecule has 1 saturated heterocycles. The molecule has 0 radical (unpaired) electrons. The molecule has 2 bridgehead atoms. The van der Waals surface area contributed by atoms with Gasteiger partial charge in [-0.15, -0.1) is 0 Å². The second-order valence-corrected chi connectivity index (χ2v) is 11.0. The summed E-state index contributed by atoms with van der Waals surface area (Å²) in [6.07, 6.45) is 2.42. The normalized spacial score (nSPS) is 18.8. The number of rotatable bonds is 6. The van der Waals surface area contributed by atoms with Crippen LogP contribution in [0.4, 0.5) is 4.79 Å². The van der Waals surface area contributed by atoms with Crippen LogP contribution in [0.15, 0.2) is 103 Å². The Hall–Kier alpha value is -4.86. The molecular formula is C36H30N2O4. The van der Waals surface area contributed by atoms with Gasteiger partial charge in [-0.3, -0.25) is 4.90 Å². The van der Waals surface area contributed by atoms with Gasteiger partial charge in [-0.2, -0.15) is 5.26 Å². The number of carbonyl (C=O) groups excluding carboxylic acids is 1. The first-order valence-corrected chi connectivity index (χ1v) is 14.3. The third-order valence-electron chi connectivity index (χ3n) is 8.46. The maximum atomic E-state index is 13.6. The molecule has 2 heterocycles. The van der Waals surface area contributed by atoms with Crippen LogP contribution in [0.1, 0.15) is 40.2 Å². The zero-order valence-electron chi connectivity index (χ0n) is 23.1. The Bertz CT molecular complexity index is 1660. The summed E-state index contributed by atoms with van der Waals surface area (Å²) in [6, 6.07) is 34.2. The number of carbonyl (C=O) groups is 1. The number of amides is 1. The van der Waals surface area contributed by atoms with Crippen LogP contribution in [0.25, 0.3) is 16.7 Å². The zero-order chi connectivity index (χ0) is 28.5. The van der Waals surface area contributed by atoms with Gasteiger partial charge in [0.15, 0.2) is 0 Å². The molecule has 1 fully saturated rings. The van der Waals surface area contributed by atoms with Gasteiger partial charge >= 0.3 is 6.09 Å². The van der Waals surface area contributed by atoms with Crippen molar-refractivity contribution in [2.24, 2.45) is 0 Å². The standard InChI is InChI=1S/C36H30N2O4/c37-19-26-15-14-25(18-35(26)41-20-24-8-2-1-3-9-24)27-16-28-21-40-22-29(17-27)38(28)36(39)42-23-34-32-12-6-4-10-30(32)31-11-5-7-13-33(31)34/h1-16,18,28-29,34H,17,20-23H2. The lowest BCUT2D eigenvalue weighted by molar-refractivity contribution is -0.0331. The van der Waals surface area contributed by atoms with E-state index in [4.69, 9.17) is 14.2 Å². The van der Waals surface area contributed by atoms with Crippen molar-refractivity contribution in [2.75, 3.05) is 19.8 Å². The van der Waals surface area contributed by atoms with Gasteiger partial charge in [-0.25, -0.2) is 4.79 Å². The van der Waals surface area contributed by atoms with Crippen molar-refractivity contribution in [2.45, 2.75) is 31.0 Å². The number of nitriles is 1. The molecule has 2 aliphatic heterocycles. The van der Waals surface area contributed by atoms with Crippen LogP contribution in [0.5, 0.6) is 5.75 Å². The number of benzene rings is 4. The van der Waals surface area contributed by atoms with E-state index in [2.05, 4.69) is 48.5 Å². The molecule has 2 atom stereocenters. The van der Waals surface area contributed by atoms with E-state index in [-0.39, 0.29) is 30.7 Å². The van der Waals surface area contributed by atoms with Gasteiger partial charge in [0.25, 0.3) is 0 Å². The molecule has 0 N–H and O–H groups in total. The summed E-state index contributed by atoms with van der Waals surface area (Å²) >= 11 is 0. The molecule has 6 nitrogen and oxygen atoms in total. The number of morpholine rings is 1. The first-order valence-electron chi connectivity index (χ1n) is 14.3. The average Bonchev–Trinajstić information content (AvgIpc) is 3.36. The first-order chi connectivity index (χ1) is 20.7. The minimum atomic E-state index is -0.308. The van der Waals surface area contributed by atoms with Gasteiger partial charge in [0.1, 0.15) is 25.0 Å². The molecule has 42 heavy (non-hydrogen) atoms. The zero-order valence-corrected chi connectivity index (χ0v) is 23.1. The fraction of sp³-hybridized carbons (Fsp3) is 0.222. The van der Waals surface area contributed by atoms with Crippen molar-refractivity contribution >= 4 is 11.7 Å². The Labute approximate surface area is 245 Å². The molecule has 208 valence electrons. The van der Waals surface area contributed by atoms with Crippen LogP contribution < -0.4 is 4.74 Å². The molecule has 1 amide bonds. The smallest absolute Gasteiger partial charge is 0.410 e. The molecule has 0 spiro atoms. The maximum absolute atomic E-state index is 13.6. The van der Waals surface area contributed by atoms with Crippen LogP contribution >= 0.6 is 0 Å². The lowest BCUT2D eigenvalue weighted by atomic mass is 9.89. The van der Waals surface area contributed by atoms with Crippen LogP contribution in [-0.2, 0) is 16.1 Å². The Morgan fingerprint density at radius 2 is 1.62 bits per heavy atom. The van der Waals surface area contributed by atoms with Crippen molar-refractivity contribution in [1.82, 2.24) is 4.90 Å². The Morgan fingerprint density at radius 1 is 0.905 bits per heavy atom. The summed E-state index contributed by atoms with van der Waals surface area (Å²) in [5.74, 6) is 0.571. The monoisotopic (exact) mass is 554 g/mol. The van der Waals surface area contributed by atoms with E-state index in [1.165, 1.54) is 22.3 Å². The van der Waals surface area contributed by atoms with E-state index in [0.717, 1.165) is 16.7 Å².